The van der Waals surface area contributed by atoms with Gasteiger partial charge >= 0.3 is 6.61 Å². The van der Waals surface area contributed by atoms with Crippen LogP contribution < -0.4 is 10.1 Å². The highest BCUT2D eigenvalue weighted by atomic mass is 35.5. The number of hydrogen-bond donors (Lipinski definition) is 1. The quantitative estimate of drug-likeness (QED) is 0.909. The van der Waals surface area contributed by atoms with Gasteiger partial charge in [0.1, 0.15) is 6.07 Å². The molecular formula is C12H7Cl2F2N3O2. The molecular weight excluding hydrogens is 327 g/mol. The van der Waals surface area contributed by atoms with Gasteiger partial charge in [0.05, 0.1) is 10.6 Å². The summed E-state index contributed by atoms with van der Waals surface area (Å²) in [6.45, 7) is -3.09. The van der Waals surface area contributed by atoms with Gasteiger partial charge in [-0.3, -0.25) is 0 Å². The maximum absolute atomic E-state index is 12.5. The molecule has 0 aliphatic rings. The molecule has 9 heteroatoms. The lowest BCUT2D eigenvalue weighted by Crippen LogP contribution is -2.04. The fourth-order valence-electron chi connectivity index (χ4n) is 1.61. The first kappa shape index (κ1) is 15.4. The van der Waals surface area contributed by atoms with Crippen molar-refractivity contribution in [2.45, 2.75) is 6.61 Å². The molecule has 0 amide bonds. The molecule has 0 aliphatic heterocycles. The topological polar surface area (TPSA) is 71.1 Å². The summed E-state index contributed by atoms with van der Waals surface area (Å²) in [6, 6.07) is 4.35. The number of anilines is 1. The number of oxazole rings is 1. The van der Waals surface area contributed by atoms with Crippen molar-refractivity contribution in [2.24, 2.45) is 0 Å². The Morgan fingerprint density at radius 1 is 1.43 bits per heavy atom. The van der Waals surface area contributed by atoms with Crippen molar-refractivity contribution in [3.8, 4) is 23.3 Å². The number of benzene rings is 1. The van der Waals surface area contributed by atoms with E-state index in [2.05, 4.69) is 15.0 Å². The van der Waals surface area contributed by atoms with Crippen molar-refractivity contribution in [1.29, 1.82) is 5.26 Å². The number of aromatic nitrogens is 1. The number of alkyl halides is 2. The molecule has 1 aromatic heterocycles. The van der Waals surface area contributed by atoms with Gasteiger partial charge in [0, 0.05) is 12.1 Å². The number of nitrogens with one attached hydrogen (secondary N) is 1. The van der Waals surface area contributed by atoms with Crippen molar-refractivity contribution in [2.75, 3.05) is 12.4 Å². The van der Waals surface area contributed by atoms with Crippen LogP contribution in [-0.4, -0.2) is 18.6 Å². The van der Waals surface area contributed by atoms with Gasteiger partial charge in [-0.2, -0.15) is 19.0 Å². The molecule has 0 fully saturated rings. The SMILES string of the molecule is CNc1oc(-c2cc(Cl)cc(Cl)c2OC(F)F)nc1C#N. The summed E-state index contributed by atoms with van der Waals surface area (Å²) in [7, 11) is 1.52. The first-order chi connectivity index (χ1) is 9.96. The van der Waals surface area contributed by atoms with E-state index in [0.29, 0.717) is 0 Å². The zero-order chi connectivity index (χ0) is 15.6. The lowest BCUT2D eigenvalue weighted by Gasteiger charge is -2.10. The van der Waals surface area contributed by atoms with Gasteiger partial charge in [0.25, 0.3) is 0 Å². The van der Waals surface area contributed by atoms with Crippen molar-refractivity contribution in [3.05, 3.63) is 27.9 Å². The second kappa shape index (κ2) is 6.16. The van der Waals surface area contributed by atoms with E-state index < -0.39 is 6.61 Å². The van der Waals surface area contributed by atoms with E-state index in [1.807, 2.05) is 0 Å². The summed E-state index contributed by atoms with van der Waals surface area (Å²) in [6.07, 6.45) is 0. The normalized spacial score (nSPS) is 10.5. The molecule has 0 aliphatic carbocycles. The second-order valence-corrected chi connectivity index (χ2v) is 4.54. The average molecular weight is 334 g/mol. The van der Waals surface area contributed by atoms with Gasteiger partial charge in [0.2, 0.25) is 17.5 Å². The molecule has 110 valence electrons. The molecule has 0 saturated heterocycles. The Balaban J connectivity index is 2.62. The summed E-state index contributed by atoms with van der Waals surface area (Å²) in [5.41, 5.74) is -0.0163. The van der Waals surface area contributed by atoms with Crippen LogP contribution in [0.25, 0.3) is 11.5 Å². The minimum atomic E-state index is -3.09. The Bertz CT molecular complexity index is 713. The Labute approximate surface area is 128 Å². The van der Waals surface area contributed by atoms with Crippen molar-refractivity contribution < 1.29 is 17.9 Å². The third kappa shape index (κ3) is 3.17. The van der Waals surface area contributed by atoms with Gasteiger partial charge in [-0.05, 0) is 12.1 Å². The van der Waals surface area contributed by atoms with E-state index in [9.17, 15) is 8.78 Å². The molecule has 0 unspecified atom stereocenters. The molecule has 0 bridgehead atoms. The molecule has 1 N–H and O–H groups in total. The number of rotatable bonds is 4. The molecule has 0 atom stereocenters. The Kier molecular flexibility index (Phi) is 4.50. The molecule has 0 saturated carbocycles. The molecule has 1 heterocycles. The lowest BCUT2D eigenvalue weighted by molar-refractivity contribution is -0.0494. The van der Waals surface area contributed by atoms with Crippen LogP contribution in [0.15, 0.2) is 16.5 Å². The second-order valence-electron chi connectivity index (χ2n) is 3.70. The Morgan fingerprint density at radius 2 is 2.14 bits per heavy atom. The average Bonchev–Trinajstić information content (AvgIpc) is 2.84. The summed E-state index contributed by atoms with van der Waals surface area (Å²) < 4.78 is 34.6. The maximum atomic E-state index is 12.5. The molecule has 0 radical (unpaired) electrons. The highest BCUT2D eigenvalue weighted by molar-refractivity contribution is 6.36. The van der Waals surface area contributed by atoms with Crippen molar-refractivity contribution in [3.63, 3.8) is 0 Å². The smallest absolute Gasteiger partial charge is 0.387 e. The van der Waals surface area contributed by atoms with Crippen LogP contribution in [0.3, 0.4) is 0 Å². The first-order valence-corrected chi connectivity index (χ1v) is 6.24. The van der Waals surface area contributed by atoms with E-state index in [1.165, 1.54) is 19.2 Å². The molecule has 2 rings (SSSR count). The van der Waals surface area contributed by atoms with Gasteiger partial charge in [0.15, 0.2) is 5.75 Å². The largest absolute Gasteiger partial charge is 0.432 e. The molecule has 21 heavy (non-hydrogen) atoms. The maximum Gasteiger partial charge on any atom is 0.387 e. The summed E-state index contributed by atoms with van der Waals surface area (Å²) in [5.74, 6) is -0.355. The van der Waals surface area contributed by atoms with Crippen molar-refractivity contribution >= 4 is 29.1 Å². The van der Waals surface area contributed by atoms with Gasteiger partial charge in [-0.1, -0.05) is 23.2 Å². The van der Waals surface area contributed by atoms with Crippen LogP contribution in [0.4, 0.5) is 14.7 Å². The zero-order valence-corrected chi connectivity index (χ0v) is 12.0. The summed E-state index contributed by atoms with van der Waals surface area (Å²) in [4.78, 5) is 3.89. The molecule has 0 spiro atoms. The highest BCUT2D eigenvalue weighted by Gasteiger charge is 2.22. The predicted octanol–water partition coefficient (Wildman–Crippen LogP) is 4.16. The van der Waals surface area contributed by atoms with E-state index in [4.69, 9.17) is 32.9 Å². The number of nitriles is 1. The predicted molar refractivity (Wildman–Crippen MR) is 72.9 cm³/mol. The molecule has 1 aromatic carbocycles. The van der Waals surface area contributed by atoms with Crippen LogP contribution in [0.1, 0.15) is 5.69 Å². The van der Waals surface area contributed by atoms with Gasteiger partial charge < -0.3 is 14.5 Å². The van der Waals surface area contributed by atoms with E-state index >= 15 is 0 Å². The third-order valence-corrected chi connectivity index (χ3v) is 2.90. The Morgan fingerprint density at radius 3 is 2.67 bits per heavy atom. The standard InChI is InChI=1S/C12H7Cl2F2N3O2/c1-18-11-8(4-17)19-10(21-11)6-2-5(13)3-7(14)9(6)20-12(15)16/h2-3,12,18H,1H3. The van der Waals surface area contributed by atoms with E-state index in [-0.39, 0.29) is 38.8 Å². The fourth-order valence-corrected chi connectivity index (χ4v) is 2.15. The van der Waals surface area contributed by atoms with E-state index in [1.54, 1.807) is 6.07 Å². The summed E-state index contributed by atoms with van der Waals surface area (Å²) >= 11 is 11.7. The van der Waals surface area contributed by atoms with E-state index in [0.717, 1.165) is 0 Å². The number of halogens is 4. The lowest BCUT2D eigenvalue weighted by atomic mass is 10.2. The van der Waals surface area contributed by atoms with Gasteiger partial charge in [-0.15, -0.1) is 0 Å². The van der Waals surface area contributed by atoms with Crippen LogP contribution in [0.2, 0.25) is 10.0 Å². The number of ether oxygens (including phenoxy) is 1. The van der Waals surface area contributed by atoms with Crippen LogP contribution >= 0.6 is 23.2 Å². The number of nitrogens with zero attached hydrogens (tertiary/aromatic N) is 2. The Hall–Kier alpha value is -2.04. The van der Waals surface area contributed by atoms with Crippen molar-refractivity contribution in [1.82, 2.24) is 4.98 Å². The number of hydrogen-bond acceptors (Lipinski definition) is 5. The first-order valence-electron chi connectivity index (χ1n) is 5.49. The van der Waals surface area contributed by atoms with Gasteiger partial charge in [-0.25, -0.2) is 0 Å². The van der Waals surface area contributed by atoms with Crippen LogP contribution in [0.5, 0.6) is 5.75 Å². The minimum absolute atomic E-state index is 0.0193. The molecule has 5 nitrogen and oxygen atoms in total. The van der Waals surface area contributed by atoms with Crippen LogP contribution in [-0.2, 0) is 0 Å². The highest BCUT2D eigenvalue weighted by Crippen LogP contribution is 2.40. The fraction of sp³-hybridized carbons (Fsp3) is 0.167. The monoisotopic (exact) mass is 333 g/mol. The minimum Gasteiger partial charge on any atom is -0.432 e. The zero-order valence-electron chi connectivity index (χ0n) is 10.5. The van der Waals surface area contributed by atoms with Crippen LogP contribution in [0, 0.1) is 11.3 Å². The molecule has 2 aromatic rings. The summed E-state index contributed by atoms with van der Waals surface area (Å²) in [5, 5.41) is 11.6. The third-order valence-electron chi connectivity index (χ3n) is 2.41.